The fourth-order valence-corrected chi connectivity index (χ4v) is 3.04. The van der Waals surface area contributed by atoms with Gasteiger partial charge >= 0.3 is 0 Å². The van der Waals surface area contributed by atoms with Crippen LogP contribution in [0.2, 0.25) is 10.0 Å². The van der Waals surface area contributed by atoms with Gasteiger partial charge in [-0.25, -0.2) is 0 Å². The van der Waals surface area contributed by atoms with Crippen molar-refractivity contribution < 1.29 is 17.8 Å². The number of carbonyl (C=O) groups excluding carboxylic acids is 1. The standard InChI is InChI=1S/C11H8Cl2N2O4S/c1-5-7(11(16)15-14-5)2-6-3-9(13)10(4-8(6)12)20(17,18)19/h3-4H,2H2,1H3,(H,17,18,19). The molecule has 1 N–H and O–H groups in total. The number of halogens is 2. The van der Waals surface area contributed by atoms with E-state index in [2.05, 4.69) is 10.2 Å². The third kappa shape index (κ3) is 2.90. The maximum atomic E-state index is 11.5. The van der Waals surface area contributed by atoms with Gasteiger partial charge in [0.2, 0.25) is 0 Å². The van der Waals surface area contributed by atoms with Crippen molar-refractivity contribution >= 4 is 39.2 Å². The minimum absolute atomic E-state index is 0.0713. The van der Waals surface area contributed by atoms with Gasteiger partial charge in [0.1, 0.15) is 4.90 Å². The lowest BCUT2D eigenvalue weighted by molar-refractivity contribution is -0.114. The van der Waals surface area contributed by atoms with E-state index < -0.39 is 20.9 Å². The van der Waals surface area contributed by atoms with Crippen LogP contribution in [-0.4, -0.2) is 18.9 Å². The first-order chi connectivity index (χ1) is 9.20. The molecule has 1 heterocycles. The second-order valence-electron chi connectivity index (χ2n) is 4.09. The lowest BCUT2D eigenvalue weighted by Gasteiger charge is -2.08. The molecule has 0 spiro atoms. The smallest absolute Gasteiger partial charge is 0.282 e. The Morgan fingerprint density at radius 1 is 1.20 bits per heavy atom. The molecule has 0 aromatic heterocycles. The first-order valence-electron chi connectivity index (χ1n) is 5.31. The third-order valence-corrected chi connectivity index (χ3v) is 4.40. The molecule has 0 saturated heterocycles. The molecule has 0 fully saturated rings. The Bertz CT molecular complexity index is 769. The summed E-state index contributed by atoms with van der Waals surface area (Å²) in [5.41, 5.74) is 1.28. The summed E-state index contributed by atoms with van der Waals surface area (Å²) in [6, 6.07) is 2.33. The molecule has 106 valence electrons. The van der Waals surface area contributed by atoms with E-state index in [9.17, 15) is 13.2 Å². The Morgan fingerprint density at radius 2 is 1.85 bits per heavy atom. The van der Waals surface area contributed by atoms with E-state index in [0.717, 1.165) is 6.07 Å². The van der Waals surface area contributed by atoms with Gasteiger partial charge in [0.05, 0.1) is 10.7 Å². The van der Waals surface area contributed by atoms with Crippen molar-refractivity contribution in [1.82, 2.24) is 0 Å². The second kappa shape index (κ2) is 5.25. The quantitative estimate of drug-likeness (QED) is 0.859. The summed E-state index contributed by atoms with van der Waals surface area (Å²) < 4.78 is 31.2. The number of nitrogens with zero attached hydrogens (tertiary/aromatic N) is 2. The van der Waals surface area contributed by atoms with Gasteiger partial charge in [-0.15, -0.1) is 5.11 Å². The van der Waals surface area contributed by atoms with Gasteiger partial charge in [0.25, 0.3) is 16.0 Å². The van der Waals surface area contributed by atoms with Crippen molar-refractivity contribution in [1.29, 1.82) is 0 Å². The second-order valence-corrected chi connectivity index (χ2v) is 6.30. The number of hydrogen-bond donors (Lipinski definition) is 1. The zero-order valence-corrected chi connectivity index (χ0v) is 12.4. The number of benzene rings is 1. The molecule has 20 heavy (non-hydrogen) atoms. The van der Waals surface area contributed by atoms with Crippen molar-refractivity contribution in [2.24, 2.45) is 10.2 Å². The molecule has 1 amide bonds. The first kappa shape index (κ1) is 15.1. The maximum Gasteiger partial charge on any atom is 0.296 e. The Kier molecular flexibility index (Phi) is 3.97. The largest absolute Gasteiger partial charge is 0.296 e. The Morgan fingerprint density at radius 3 is 2.35 bits per heavy atom. The first-order valence-corrected chi connectivity index (χ1v) is 7.51. The molecular formula is C11H8Cl2N2O4S. The van der Waals surface area contributed by atoms with E-state index in [1.165, 1.54) is 6.07 Å². The minimum Gasteiger partial charge on any atom is -0.282 e. The van der Waals surface area contributed by atoms with Crippen molar-refractivity contribution in [3.63, 3.8) is 0 Å². The highest BCUT2D eigenvalue weighted by Gasteiger charge is 2.22. The van der Waals surface area contributed by atoms with Crippen LogP contribution in [0.3, 0.4) is 0 Å². The summed E-state index contributed by atoms with van der Waals surface area (Å²) in [4.78, 5) is 11.0. The van der Waals surface area contributed by atoms with Gasteiger partial charge in [-0.3, -0.25) is 9.35 Å². The number of carbonyl (C=O) groups is 1. The van der Waals surface area contributed by atoms with Crippen molar-refractivity contribution in [2.75, 3.05) is 0 Å². The predicted molar refractivity (Wildman–Crippen MR) is 72.5 cm³/mol. The van der Waals surface area contributed by atoms with Crippen LogP contribution in [0.1, 0.15) is 12.5 Å². The Balaban J connectivity index is 2.44. The molecule has 1 aliphatic rings. The van der Waals surface area contributed by atoms with E-state index in [1.807, 2.05) is 0 Å². The van der Waals surface area contributed by atoms with Crippen LogP contribution >= 0.6 is 23.2 Å². The lowest BCUT2D eigenvalue weighted by atomic mass is 10.0. The van der Waals surface area contributed by atoms with Crippen molar-refractivity contribution in [3.8, 4) is 0 Å². The number of hydrogen-bond acceptors (Lipinski definition) is 4. The van der Waals surface area contributed by atoms with Gasteiger partial charge in [-0.05, 0) is 24.6 Å². The average Bonchev–Trinajstić information content (AvgIpc) is 2.63. The summed E-state index contributed by atoms with van der Waals surface area (Å²) in [5, 5.41) is 6.95. The van der Waals surface area contributed by atoms with Gasteiger partial charge in [-0.1, -0.05) is 23.2 Å². The monoisotopic (exact) mass is 334 g/mol. The number of allylic oxidation sites excluding steroid dienone is 1. The molecule has 0 radical (unpaired) electrons. The normalized spacial score (nSPS) is 15.3. The third-order valence-electron chi connectivity index (χ3n) is 2.73. The fourth-order valence-electron chi connectivity index (χ4n) is 1.69. The minimum atomic E-state index is -4.45. The molecule has 0 unspecified atom stereocenters. The van der Waals surface area contributed by atoms with Crippen molar-refractivity contribution in [3.05, 3.63) is 39.0 Å². The lowest BCUT2D eigenvalue weighted by Crippen LogP contribution is -2.04. The molecule has 1 aromatic rings. The van der Waals surface area contributed by atoms with Gasteiger partial charge < -0.3 is 0 Å². The molecule has 0 bridgehead atoms. The molecule has 1 aromatic carbocycles. The van der Waals surface area contributed by atoms with Gasteiger partial charge in [0, 0.05) is 17.0 Å². The summed E-state index contributed by atoms with van der Waals surface area (Å²) >= 11 is 11.8. The molecule has 0 atom stereocenters. The summed E-state index contributed by atoms with van der Waals surface area (Å²) in [6.07, 6.45) is 0.127. The highest BCUT2D eigenvalue weighted by atomic mass is 35.5. The molecular weight excluding hydrogens is 327 g/mol. The molecule has 9 heteroatoms. The number of rotatable bonds is 3. The summed E-state index contributed by atoms with van der Waals surface area (Å²) in [5.74, 6) is -0.464. The summed E-state index contributed by atoms with van der Waals surface area (Å²) in [6.45, 7) is 1.63. The Labute approximate surface area is 124 Å². The predicted octanol–water partition coefficient (Wildman–Crippen LogP) is 3.05. The van der Waals surface area contributed by atoms with E-state index in [0.29, 0.717) is 16.8 Å². The molecule has 0 aliphatic carbocycles. The van der Waals surface area contributed by atoms with Crippen LogP contribution in [0.5, 0.6) is 0 Å². The molecule has 0 saturated carbocycles. The fraction of sp³-hybridized carbons (Fsp3) is 0.182. The van der Waals surface area contributed by atoms with E-state index >= 15 is 0 Å². The maximum absolute atomic E-state index is 11.5. The Hall–Kier alpha value is -1.28. The number of azo groups is 1. The van der Waals surface area contributed by atoms with Crippen LogP contribution in [0.4, 0.5) is 0 Å². The van der Waals surface area contributed by atoms with E-state index in [-0.39, 0.29) is 16.5 Å². The van der Waals surface area contributed by atoms with Gasteiger partial charge in [0.15, 0.2) is 0 Å². The molecule has 1 aliphatic heterocycles. The number of amides is 1. The van der Waals surface area contributed by atoms with Crippen LogP contribution in [0.25, 0.3) is 0 Å². The highest BCUT2D eigenvalue weighted by molar-refractivity contribution is 7.86. The van der Waals surface area contributed by atoms with Gasteiger partial charge in [-0.2, -0.15) is 13.5 Å². The molecule has 6 nitrogen and oxygen atoms in total. The van der Waals surface area contributed by atoms with E-state index in [4.69, 9.17) is 27.8 Å². The topological polar surface area (TPSA) is 96.2 Å². The average molecular weight is 335 g/mol. The zero-order chi connectivity index (χ0) is 15.1. The molecule has 2 rings (SSSR count). The highest BCUT2D eigenvalue weighted by Crippen LogP contribution is 2.31. The van der Waals surface area contributed by atoms with Crippen LogP contribution in [0.15, 0.2) is 38.5 Å². The van der Waals surface area contributed by atoms with Crippen LogP contribution in [0, 0.1) is 0 Å². The van der Waals surface area contributed by atoms with Crippen LogP contribution in [-0.2, 0) is 21.3 Å². The van der Waals surface area contributed by atoms with E-state index in [1.54, 1.807) is 6.92 Å². The zero-order valence-electron chi connectivity index (χ0n) is 10.1. The summed E-state index contributed by atoms with van der Waals surface area (Å²) in [7, 11) is -4.45. The van der Waals surface area contributed by atoms with Crippen LogP contribution < -0.4 is 0 Å². The SMILES string of the molecule is CC1=C(Cc2cc(Cl)c(S(=O)(=O)O)cc2Cl)C(=O)N=N1. The van der Waals surface area contributed by atoms with Crippen molar-refractivity contribution in [2.45, 2.75) is 18.2 Å².